The summed E-state index contributed by atoms with van der Waals surface area (Å²) in [6.07, 6.45) is 2.10. The molecule has 3 atom stereocenters. The molecule has 19 heavy (non-hydrogen) atoms. The number of fused-ring (bicyclic) bond motifs is 1. The van der Waals surface area contributed by atoms with Crippen molar-refractivity contribution in [2.45, 2.75) is 51.6 Å². The maximum atomic E-state index is 12.1. The summed E-state index contributed by atoms with van der Waals surface area (Å²) in [6, 6.07) is 8.09. The van der Waals surface area contributed by atoms with Gasteiger partial charge >= 0.3 is 0 Å². The normalized spacial score (nSPS) is 23.8. The minimum Gasteiger partial charge on any atom is -0.348 e. The van der Waals surface area contributed by atoms with Crippen LogP contribution in [-0.2, 0) is 4.79 Å². The van der Waals surface area contributed by atoms with E-state index in [-0.39, 0.29) is 17.9 Å². The van der Waals surface area contributed by atoms with Crippen molar-refractivity contribution in [1.82, 2.24) is 5.32 Å². The Morgan fingerprint density at radius 1 is 1.26 bits per heavy atom. The van der Waals surface area contributed by atoms with Crippen LogP contribution in [0.3, 0.4) is 0 Å². The van der Waals surface area contributed by atoms with Crippen LogP contribution in [-0.4, -0.2) is 11.9 Å². The zero-order valence-corrected chi connectivity index (χ0v) is 12.0. The van der Waals surface area contributed by atoms with Crippen molar-refractivity contribution >= 4 is 5.91 Å². The predicted molar refractivity (Wildman–Crippen MR) is 77.8 cm³/mol. The summed E-state index contributed by atoms with van der Waals surface area (Å²) in [5.74, 6) is 0.699. The van der Waals surface area contributed by atoms with E-state index in [0.29, 0.717) is 5.92 Å². The lowest BCUT2D eigenvalue weighted by molar-refractivity contribution is -0.124. The van der Waals surface area contributed by atoms with Gasteiger partial charge in [0.05, 0.1) is 12.1 Å². The Morgan fingerprint density at radius 2 is 1.89 bits per heavy atom. The first-order valence-corrected chi connectivity index (χ1v) is 7.15. The molecule has 0 spiro atoms. The molecule has 2 unspecified atom stereocenters. The highest BCUT2D eigenvalue weighted by molar-refractivity contribution is 5.82. The molecule has 0 fully saturated rings. The second kappa shape index (κ2) is 5.74. The average molecular weight is 260 g/mol. The highest BCUT2D eigenvalue weighted by atomic mass is 16.2. The number of nitrogens with two attached hydrogens (primary N) is 1. The monoisotopic (exact) mass is 260 g/mol. The summed E-state index contributed by atoms with van der Waals surface area (Å²) < 4.78 is 0. The van der Waals surface area contributed by atoms with Crippen molar-refractivity contribution in [2.75, 3.05) is 0 Å². The first-order chi connectivity index (χ1) is 9.00. The van der Waals surface area contributed by atoms with Crippen molar-refractivity contribution in [3.63, 3.8) is 0 Å². The van der Waals surface area contributed by atoms with E-state index in [1.54, 1.807) is 0 Å². The van der Waals surface area contributed by atoms with Crippen molar-refractivity contribution < 1.29 is 4.79 Å². The molecule has 104 valence electrons. The Labute approximate surface area is 115 Å². The molecule has 1 aromatic rings. The molecule has 3 N–H and O–H groups in total. The van der Waals surface area contributed by atoms with Crippen molar-refractivity contribution in [3.8, 4) is 0 Å². The molecule has 0 bridgehead atoms. The summed E-state index contributed by atoms with van der Waals surface area (Å²) in [6.45, 7) is 6.19. The van der Waals surface area contributed by atoms with Crippen molar-refractivity contribution in [2.24, 2.45) is 11.7 Å². The van der Waals surface area contributed by atoms with E-state index in [2.05, 4.69) is 30.4 Å². The van der Waals surface area contributed by atoms with Crippen LogP contribution < -0.4 is 11.1 Å². The first-order valence-electron chi connectivity index (χ1n) is 7.15. The summed E-state index contributed by atoms with van der Waals surface area (Å²) in [4.78, 5) is 12.1. The Bertz CT molecular complexity index is 456. The van der Waals surface area contributed by atoms with Crippen molar-refractivity contribution in [1.29, 1.82) is 0 Å². The standard InChI is InChI=1S/C16H24N2O/c1-10(2)15(17)16(19)18-14-9-8-11(3)12-6-4-5-7-13(12)14/h4-7,10-11,14-15H,8-9,17H2,1-3H3,(H,18,19)/t11?,14?,15-/m0/s1. The van der Waals surface area contributed by atoms with Crippen LogP contribution in [0, 0.1) is 5.92 Å². The summed E-state index contributed by atoms with van der Waals surface area (Å²) in [7, 11) is 0. The van der Waals surface area contributed by atoms with Gasteiger partial charge in [-0.05, 0) is 35.8 Å². The smallest absolute Gasteiger partial charge is 0.237 e. The van der Waals surface area contributed by atoms with Gasteiger partial charge in [-0.15, -0.1) is 0 Å². The topological polar surface area (TPSA) is 55.1 Å². The lowest BCUT2D eigenvalue weighted by Crippen LogP contribution is -2.45. The Hall–Kier alpha value is -1.35. The van der Waals surface area contributed by atoms with Gasteiger partial charge in [-0.25, -0.2) is 0 Å². The number of nitrogens with one attached hydrogen (secondary N) is 1. The van der Waals surface area contributed by atoms with Crippen molar-refractivity contribution in [3.05, 3.63) is 35.4 Å². The molecular weight excluding hydrogens is 236 g/mol. The second-order valence-corrected chi connectivity index (χ2v) is 5.94. The van der Waals surface area contributed by atoms with E-state index in [0.717, 1.165) is 12.8 Å². The quantitative estimate of drug-likeness (QED) is 0.878. The fourth-order valence-corrected chi connectivity index (χ4v) is 2.73. The molecular formula is C16H24N2O. The second-order valence-electron chi connectivity index (χ2n) is 5.94. The van der Waals surface area contributed by atoms with E-state index in [1.807, 2.05) is 19.9 Å². The van der Waals surface area contributed by atoms with Gasteiger partial charge in [0, 0.05) is 0 Å². The van der Waals surface area contributed by atoms with Crippen LogP contribution >= 0.6 is 0 Å². The van der Waals surface area contributed by atoms with Gasteiger partial charge in [-0.1, -0.05) is 45.0 Å². The van der Waals surface area contributed by atoms with Crippen LogP contribution in [0.2, 0.25) is 0 Å². The zero-order chi connectivity index (χ0) is 14.0. The lowest BCUT2D eigenvalue weighted by Gasteiger charge is -2.31. The van der Waals surface area contributed by atoms with E-state index in [1.165, 1.54) is 11.1 Å². The summed E-state index contributed by atoms with van der Waals surface area (Å²) >= 11 is 0. The zero-order valence-electron chi connectivity index (χ0n) is 12.0. The van der Waals surface area contributed by atoms with E-state index >= 15 is 0 Å². The third-order valence-electron chi connectivity index (χ3n) is 4.13. The highest BCUT2D eigenvalue weighted by Crippen LogP contribution is 2.36. The van der Waals surface area contributed by atoms with Gasteiger partial charge in [0.1, 0.15) is 0 Å². The molecule has 1 aliphatic carbocycles. The number of hydrogen-bond donors (Lipinski definition) is 2. The van der Waals surface area contributed by atoms with E-state index < -0.39 is 6.04 Å². The molecule has 3 heteroatoms. The van der Waals surface area contributed by atoms with Gasteiger partial charge in [-0.3, -0.25) is 4.79 Å². The summed E-state index contributed by atoms with van der Waals surface area (Å²) in [5.41, 5.74) is 8.53. The van der Waals surface area contributed by atoms with Gasteiger partial charge in [0.25, 0.3) is 0 Å². The largest absolute Gasteiger partial charge is 0.348 e. The molecule has 0 aliphatic heterocycles. The maximum absolute atomic E-state index is 12.1. The molecule has 2 rings (SSSR count). The minimum atomic E-state index is -0.425. The third-order valence-corrected chi connectivity index (χ3v) is 4.13. The van der Waals surface area contributed by atoms with Crippen LogP contribution in [0.4, 0.5) is 0 Å². The highest BCUT2D eigenvalue weighted by Gasteiger charge is 2.27. The predicted octanol–water partition coefficient (Wildman–Crippen LogP) is 2.72. The molecule has 0 saturated carbocycles. The molecule has 0 radical (unpaired) electrons. The van der Waals surface area contributed by atoms with Gasteiger partial charge in [0.2, 0.25) is 5.91 Å². The number of hydrogen-bond acceptors (Lipinski definition) is 2. The fraction of sp³-hybridized carbons (Fsp3) is 0.562. The molecule has 0 aromatic heterocycles. The number of benzene rings is 1. The van der Waals surface area contributed by atoms with Gasteiger partial charge in [-0.2, -0.15) is 0 Å². The number of carbonyl (C=O) groups excluding carboxylic acids is 1. The van der Waals surface area contributed by atoms with E-state index in [4.69, 9.17) is 5.73 Å². The first kappa shape index (κ1) is 14.1. The fourth-order valence-electron chi connectivity index (χ4n) is 2.73. The van der Waals surface area contributed by atoms with Crippen LogP contribution in [0.15, 0.2) is 24.3 Å². The molecule has 1 aromatic carbocycles. The number of rotatable bonds is 3. The number of amides is 1. The van der Waals surface area contributed by atoms with Gasteiger partial charge in [0.15, 0.2) is 0 Å². The van der Waals surface area contributed by atoms with E-state index in [9.17, 15) is 4.79 Å². The molecule has 0 saturated heterocycles. The van der Waals surface area contributed by atoms with Crippen LogP contribution in [0.25, 0.3) is 0 Å². The molecule has 3 nitrogen and oxygen atoms in total. The average Bonchev–Trinajstić information content (AvgIpc) is 2.41. The Kier molecular flexibility index (Phi) is 4.25. The SMILES string of the molecule is CC1CCC(NC(=O)[C@@H](N)C(C)C)c2ccccc21. The lowest BCUT2D eigenvalue weighted by atomic mass is 9.81. The molecule has 1 amide bonds. The summed E-state index contributed by atoms with van der Waals surface area (Å²) in [5, 5.41) is 3.11. The molecule has 1 aliphatic rings. The minimum absolute atomic E-state index is 0.0376. The van der Waals surface area contributed by atoms with Gasteiger partial charge < -0.3 is 11.1 Å². The van der Waals surface area contributed by atoms with Crippen LogP contribution in [0.1, 0.15) is 56.7 Å². The van der Waals surface area contributed by atoms with Crippen LogP contribution in [0.5, 0.6) is 0 Å². The molecule has 0 heterocycles. The Morgan fingerprint density at radius 3 is 2.53 bits per heavy atom. The third kappa shape index (κ3) is 2.98. The number of carbonyl (C=O) groups is 1. The Balaban J connectivity index is 2.15. The maximum Gasteiger partial charge on any atom is 0.237 e.